The van der Waals surface area contributed by atoms with Crippen LogP contribution in [-0.2, 0) is 0 Å². The first-order valence-electron chi connectivity index (χ1n) is 5.92. The van der Waals surface area contributed by atoms with Crippen LogP contribution in [-0.4, -0.2) is 26.8 Å². The molecule has 17 heavy (non-hydrogen) atoms. The Labute approximate surface area is 102 Å². The number of hydrogen-bond acceptors (Lipinski definition) is 4. The molecule has 0 fully saturated rings. The van der Waals surface area contributed by atoms with Crippen molar-refractivity contribution in [3.8, 4) is 11.5 Å². The van der Waals surface area contributed by atoms with E-state index < -0.39 is 0 Å². The topological polar surface area (TPSA) is 42.5 Å². The highest BCUT2D eigenvalue weighted by Crippen LogP contribution is 2.38. The quantitative estimate of drug-likeness (QED) is 0.828. The average molecular weight is 236 g/mol. The van der Waals surface area contributed by atoms with E-state index in [4.69, 9.17) is 9.47 Å². The largest absolute Gasteiger partial charge is 0.493 e. The maximum Gasteiger partial charge on any atom is 0.162 e. The lowest BCUT2D eigenvalue weighted by atomic mass is 10.0. The standard InChI is InChI=1S/C13H20N2O2/c1-8-7-14-10-5-12(16-3)13(17-4)6-11(10)15-9(8)2/h5-6,8-9,14-15H,7H2,1-4H3. The number of methoxy groups -OCH3 is 2. The fourth-order valence-corrected chi connectivity index (χ4v) is 1.98. The van der Waals surface area contributed by atoms with Gasteiger partial charge in [0.1, 0.15) is 0 Å². The second kappa shape index (κ2) is 4.73. The Morgan fingerprint density at radius 1 is 1.06 bits per heavy atom. The van der Waals surface area contributed by atoms with Gasteiger partial charge in [-0.05, 0) is 12.8 Å². The van der Waals surface area contributed by atoms with Gasteiger partial charge in [0.05, 0.1) is 25.6 Å². The van der Waals surface area contributed by atoms with Gasteiger partial charge in [0.2, 0.25) is 0 Å². The zero-order valence-electron chi connectivity index (χ0n) is 10.8. The van der Waals surface area contributed by atoms with Crippen LogP contribution in [0, 0.1) is 5.92 Å². The zero-order chi connectivity index (χ0) is 12.4. The van der Waals surface area contributed by atoms with E-state index in [1.165, 1.54) is 0 Å². The lowest BCUT2D eigenvalue weighted by Gasteiger charge is -2.18. The molecule has 1 aromatic rings. The van der Waals surface area contributed by atoms with Crippen molar-refractivity contribution < 1.29 is 9.47 Å². The molecule has 0 radical (unpaired) electrons. The second-order valence-electron chi connectivity index (χ2n) is 4.54. The maximum absolute atomic E-state index is 5.31. The molecule has 2 atom stereocenters. The molecule has 4 heteroatoms. The van der Waals surface area contributed by atoms with Gasteiger partial charge < -0.3 is 20.1 Å². The van der Waals surface area contributed by atoms with E-state index >= 15 is 0 Å². The van der Waals surface area contributed by atoms with Gasteiger partial charge in [-0.3, -0.25) is 0 Å². The summed E-state index contributed by atoms with van der Waals surface area (Å²) >= 11 is 0. The van der Waals surface area contributed by atoms with Crippen LogP contribution in [0.5, 0.6) is 11.5 Å². The van der Waals surface area contributed by atoms with E-state index in [2.05, 4.69) is 24.5 Å². The number of nitrogens with one attached hydrogen (secondary N) is 2. The Hall–Kier alpha value is -1.58. The summed E-state index contributed by atoms with van der Waals surface area (Å²) < 4.78 is 10.6. The van der Waals surface area contributed by atoms with Crippen molar-refractivity contribution in [3.05, 3.63) is 12.1 Å². The molecule has 2 N–H and O–H groups in total. The third-order valence-corrected chi connectivity index (χ3v) is 3.37. The maximum atomic E-state index is 5.31. The number of rotatable bonds is 2. The molecule has 1 aromatic carbocycles. The SMILES string of the molecule is COc1cc2c(cc1OC)NC(C)C(C)CN2. The van der Waals surface area contributed by atoms with E-state index in [-0.39, 0.29) is 0 Å². The monoisotopic (exact) mass is 236 g/mol. The van der Waals surface area contributed by atoms with Crippen LogP contribution < -0.4 is 20.1 Å². The van der Waals surface area contributed by atoms with Gasteiger partial charge in [-0.1, -0.05) is 6.92 Å². The Kier molecular flexibility index (Phi) is 3.31. The van der Waals surface area contributed by atoms with Crippen LogP contribution in [0.4, 0.5) is 11.4 Å². The van der Waals surface area contributed by atoms with Crippen molar-refractivity contribution in [3.63, 3.8) is 0 Å². The fourth-order valence-electron chi connectivity index (χ4n) is 1.98. The lowest BCUT2D eigenvalue weighted by molar-refractivity contribution is 0.355. The molecule has 0 amide bonds. The molecule has 0 saturated carbocycles. The first-order chi connectivity index (χ1) is 8.15. The van der Waals surface area contributed by atoms with Crippen LogP contribution in [0.3, 0.4) is 0 Å². The summed E-state index contributed by atoms with van der Waals surface area (Å²) in [5.41, 5.74) is 2.14. The molecular weight excluding hydrogens is 216 g/mol. The molecule has 1 heterocycles. The highest BCUT2D eigenvalue weighted by atomic mass is 16.5. The minimum atomic E-state index is 0.432. The van der Waals surface area contributed by atoms with Crippen molar-refractivity contribution in [2.75, 3.05) is 31.4 Å². The first kappa shape index (κ1) is 11.9. The second-order valence-corrected chi connectivity index (χ2v) is 4.54. The zero-order valence-corrected chi connectivity index (χ0v) is 10.8. The molecule has 0 spiro atoms. The predicted octanol–water partition coefficient (Wildman–Crippen LogP) is 2.57. The van der Waals surface area contributed by atoms with Gasteiger partial charge >= 0.3 is 0 Å². The van der Waals surface area contributed by atoms with Gasteiger partial charge in [0.25, 0.3) is 0 Å². The number of fused-ring (bicyclic) bond motifs is 1. The van der Waals surface area contributed by atoms with Crippen molar-refractivity contribution in [1.29, 1.82) is 0 Å². The summed E-state index contributed by atoms with van der Waals surface area (Å²) in [6, 6.07) is 4.39. The first-order valence-corrected chi connectivity index (χ1v) is 5.92. The van der Waals surface area contributed by atoms with Crippen molar-refractivity contribution in [1.82, 2.24) is 0 Å². The van der Waals surface area contributed by atoms with E-state index in [0.29, 0.717) is 12.0 Å². The molecule has 2 unspecified atom stereocenters. The normalized spacial score (nSPS) is 22.8. The van der Waals surface area contributed by atoms with Gasteiger partial charge in [0.15, 0.2) is 11.5 Å². The summed E-state index contributed by atoms with van der Waals surface area (Å²) in [6.07, 6.45) is 0. The minimum absolute atomic E-state index is 0.432. The van der Waals surface area contributed by atoms with E-state index in [9.17, 15) is 0 Å². The summed E-state index contributed by atoms with van der Waals surface area (Å²) in [6.45, 7) is 5.37. The average Bonchev–Trinajstić information content (AvgIpc) is 2.48. The summed E-state index contributed by atoms with van der Waals surface area (Å²) in [5, 5.41) is 6.93. The van der Waals surface area contributed by atoms with Crippen LogP contribution in [0.15, 0.2) is 12.1 Å². The van der Waals surface area contributed by atoms with Crippen LogP contribution in [0.1, 0.15) is 13.8 Å². The number of anilines is 2. The van der Waals surface area contributed by atoms with E-state index in [0.717, 1.165) is 29.4 Å². The Bertz CT molecular complexity index is 407. The Morgan fingerprint density at radius 2 is 1.65 bits per heavy atom. The lowest BCUT2D eigenvalue weighted by Crippen LogP contribution is -2.25. The third-order valence-electron chi connectivity index (χ3n) is 3.37. The molecule has 1 aliphatic heterocycles. The van der Waals surface area contributed by atoms with Crippen molar-refractivity contribution in [2.45, 2.75) is 19.9 Å². The molecule has 0 aliphatic carbocycles. The van der Waals surface area contributed by atoms with Gasteiger partial charge in [0, 0.05) is 24.7 Å². The number of ether oxygens (including phenoxy) is 2. The fraction of sp³-hybridized carbons (Fsp3) is 0.538. The van der Waals surface area contributed by atoms with Crippen LogP contribution in [0.25, 0.3) is 0 Å². The third kappa shape index (κ3) is 2.25. The number of benzene rings is 1. The van der Waals surface area contributed by atoms with Gasteiger partial charge in [-0.2, -0.15) is 0 Å². The van der Waals surface area contributed by atoms with Crippen molar-refractivity contribution >= 4 is 11.4 Å². The molecule has 1 aliphatic rings. The molecule has 94 valence electrons. The molecular formula is C13H20N2O2. The Morgan fingerprint density at radius 3 is 2.24 bits per heavy atom. The molecule has 0 aromatic heterocycles. The molecule has 2 rings (SSSR count). The van der Waals surface area contributed by atoms with Crippen molar-refractivity contribution in [2.24, 2.45) is 5.92 Å². The van der Waals surface area contributed by atoms with Crippen LogP contribution >= 0.6 is 0 Å². The van der Waals surface area contributed by atoms with Crippen LogP contribution in [0.2, 0.25) is 0 Å². The minimum Gasteiger partial charge on any atom is -0.493 e. The van der Waals surface area contributed by atoms with Gasteiger partial charge in [-0.15, -0.1) is 0 Å². The van der Waals surface area contributed by atoms with E-state index in [1.807, 2.05) is 12.1 Å². The molecule has 0 bridgehead atoms. The highest BCUT2D eigenvalue weighted by Gasteiger charge is 2.20. The molecule has 4 nitrogen and oxygen atoms in total. The number of hydrogen-bond donors (Lipinski definition) is 2. The summed E-state index contributed by atoms with van der Waals surface area (Å²) in [7, 11) is 3.31. The molecule has 0 saturated heterocycles. The van der Waals surface area contributed by atoms with Gasteiger partial charge in [-0.25, -0.2) is 0 Å². The van der Waals surface area contributed by atoms with E-state index in [1.54, 1.807) is 14.2 Å². The summed E-state index contributed by atoms with van der Waals surface area (Å²) in [5.74, 6) is 2.07. The predicted molar refractivity (Wildman–Crippen MR) is 70.3 cm³/mol. The Balaban J connectivity index is 2.40. The highest BCUT2D eigenvalue weighted by molar-refractivity contribution is 5.75. The smallest absolute Gasteiger partial charge is 0.162 e. The summed E-state index contributed by atoms with van der Waals surface area (Å²) in [4.78, 5) is 0.